The molecule has 0 aromatic heterocycles. The van der Waals surface area contributed by atoms with Gasteiger partial charge in [-0.15, -0.1) is 0 Å². The Kier molecular flexibility index (Phi) is 4.35. The number of hydrogen-bond acceptors (Lipinski definition) is 3. The molecule has 0 amide bonds. The summed E-state index contributed by atoms with van der Waals surface area (Å²) in [6.07, 6.45) is 1.38. The first-order valence-electron chi connectivity index (χ1n) is 5.27. The molecule has 0 bridgehead atoms. The Morgan fingerprint density at radius 1 is 1.64 bits per heavy atom. The van der Waals surface area contributed by atoms with Crippen LogP contribution in [0.15, 0.2) is 0 Å². The smallest absolute Gasteiger partial charge is 0.304 e. The zero-order valence-corrected chi connectivity index (χ0v) is 8.78. The van der Waals surface area contributed by atoms with Gasteiger partial charge in [-0.25, -0.2) is 0 Å². The molecule has 2 atom stereocenters. The van der Waals surface area contributed by atoms with Crippen LogP contribution in [0.25, 0.3) is 0 Å². The molecular formula is C10H20N2O2. The number of likely N-dealkylation sites (tertiary alicyclic amines) is 1. The summed E-state index contributed by atoms with van der Waals surface area (Å²) >= 11 is 0. The monoisotopic (exact) mass is 200 g/mol. The third-order valence-electron chi connectivity index (χ3n) is 3.14. The van der Waals surface area contributed by atoms with E-state index in [0.29, 0.717) is 24.9 Å². The largest absolute Gasteiger partial charge is 0.481 e. The summed E-state index contributed by atoms with van der Waals surface area (Å²) in [5.41, 5.74) is 5.67. The van der Waals surface area contributed by atoms with E-state index in [1.807, 2.05) is 0 Å². The number of carbonyl (C=O) groups is 1. The highest BCUT2D eigenvalue weighted by molar-refractivity contribution is 5.66. The zero-order valence-electron chi connectivity index (χ0n) is 8.78. The van der Waals surface area contributed by atoms with Gasteiger partial charge in [0, 0.05) is 13.1 Å². The Hall–Kier alpha value is -0.610. The number of nitrogens with zero attached hydrogens (tertiary/aromatic N) is 1. The number of rotatable bonds is 4. The van der Waals surface area contributed by atoms with Crippen molar-refractivity contribution in [3.63, 3.8) is 0 Å². The molecule has 14 heavy (non-hydrogen) atoms. The van der Waals surface area contributed by atoms with E-state index in [0.717, 1.165) is 19.5 Å². The van der Waals surface area contributed by atoms with E-state index < -0.39 is 5.97 Å². The summed E-state index contributed by atoms with van der Waals surface area (Å²) in [5.74, 6) is 0.506. The Morgan fingerprint density at radius 2 is 2.36 bits per heavy atom. The van der Waals surface area contributed by atoms with Crippen molar-refractivity contribution in [2.45, 2.75) is 19.8 Å². The van der Waals surface area contributed by atoms with Gasteiger partial charge in [-0.1, -0.05) is 6.92 Å². The van der Waals surface area contributed by atoms with Gasteiger partial charge >= 0.3 is 5.97 Å². The fourth-order valence-electron chi connectivity index (χ4n) is 1.99. The fourth-order valence-corrected chi connectivity index (χ4v) is 1.99. The molecule has 0 saturated carbocycles. The summed E-state index contributed by atoms with van der Waals surface area (Å²) in [6, 6.07) is 0. The van der Waals surface area contributed by atoms with Crippen molar-refractivity contribution in [2.24, 2.45) is 17.6 Å². The quantitative estimate of drug-likeness (QED) is 0.688. The summed E-state index contributed by atoms with van der Waals surface area (Å²) in [5, 5.41) is 8.57. The number of aliphatic carboxylic acids is 1. The minimum absolute atomic E-state index is 0.242. The second-order valence-electron chi connectivity index (χ2n) is 4.21. The Bertz CT molecular complexity index is 197. The number of carboxylic acids is 1. The van der Waals surface area contributed by atoms with E-state index in [9.17, 15) is 4.79 Å². The van der Waals surface area contributed by atoms with Gasteiger partial charge in [0.15, 0.2) is 0 Å². The van der Waals surface area contributed by atoms with Crippen LogP contribution in [0.1, 0.15) is 19.8 Å². The molecular weight excluding hydrogens is 180 g/mol. The minimum atomic E-state index is -0.715. The van der Waals surface area contributed by atoms with E-state index in [4.69, 9.17) is 10.8 Å². The van der Waals surface area contributed by atoms with Gasteiger partial charge in [0.05, 0.1) is 6.42 Å². The third kappa shape index (κ3) is 3.27. The van der Waals surface area contributed by atoms with E-state index in [1.54, 1.807) is 0 Å². The lowest BCUT2D eigenvalue weighted by Crippen LogP contribution is -2.43. The summed E-state index contributed by atoms with van der Waals surface area (Å²) < 4.78 is 0. The highest BCUT2D eigenvalue weighted by Gasteiger charge is 2.24. The number of hydrogen-bond donors (Lipinski definition) is 2. The molecule has 3 N–H and O–H groups in total. The van der Waals surface area contributed by atoms with Crippen LogP contribution in [-0.2, 0) is 4.79 Å². The van der Waals surface area contributed by atoms with Gasteiger partial charge in [-0.3, -0.25) is 4.79 Å². The topological polar surface area (TPSA) is 66.6 Å². The Morgan fingerprint density at radius 3 is 2.93 bits per heavy atom. The molecule has 0 aromatic carbocycles. The van der Waals surface area contributed by atoms with Gasteiger partial charge in [0.1, 0.15) is 0 Å². The van der Waals surface area contributed by atoms with Gasteiger partial charge in [0.2, 0.25) is 0 Å². The standard InChI is InChI=1S/C10H20N2O2/c1-8-2-4-12(5-3-10(13)14)7-9(8)6-11/h8-9H,2-7,11H2,1H3,(H,13,14). The van der Waals surface area contributed by atoms with Gasteiger partial charge in [-0.2, -0.15) is 0 Å². The maximum atomic E-state index is 10.4. The van der Waals surface area contributed by atoms with Gasteiger partial charge < -0.3 is 15.7 Å². The van der Waals surface area contributed by atoms with Gasteiger partial charge in [0.25, 0.3) is 0 Å². The SMILES string of the molecule is CC1CCN(CCC(=O)O)CC1CN. The van der Waals surface area contributed by atoms with Crippen LogP contribution in [-0.4, -0.2) is 42.2 Å². The molecule has 0 aromatic rings. The van der Waals surface area contributed by atoms with Crippen LogP contribution in [0.4, 0.5) is 0 Å². The number of nitrogens with two attached hydrogens (primary N) is 1. The molecule has 2 unspecified atom stereocenters. The molecule has 1 saturated heterocycles. The first-order chi connectivity index (χ1) is 6.63. The van der Waals surface area contributed by atoms with Crippen LogP contribution in [0, 0.1) is 11.8 Å². The zero-order chi connectivity index (χ0) is 10.6. The molecule has 1 fully saturated rings. The Balaban J connectivity index is 2.31. The van der Waals surface area contributed by atoms with E-state index >= 15 is 0 Å². The minimum Gasteiger partial charge on any atom is -0.481 e. The molecule has 0 aliphatic carbocycles. The lowest BCUT2D eigenvalue weighted by molar-refractivity contribution is -0.137. The van der Waals surface area contributed by atoms with Crippen molar-refractivity contribution < 1.29 is 9.90 Å². The average Bonchev–Trinajstić information content (AvgIpc) is 2.16. The molecule has 1 heterocycles. The lowest BCUT2D eigenvalue weighted by atomic mass is 9.87. The lowest BCUT2D eigenvalue weighted by Gasteiger charge is -2.36. The fraction of sp³-hybridized carbons (Fsp3) is 0.900. The molecule has 82 valence electrons. The summed E-state index contributed by atoms with van der Waals surface area (Å²) in [7, 11) is 0. The molecule has 1 aliphatic heterocycles. The third-order valence-corrected chi connectivity index (χ3v) is 3.14. The first-order valence-corrected chi connectivity index (χ1v) is 5.27. The van der Waals surface area contributed by atoms with Crippen LogP contribution in [0.2, 0.25) is 0 Å². The maximum absolute atomic E-state index is 10.4. The Labute approximate surface area is 85.1 Å². The molecule has 1 aliphatic rings. The predicted octanol–water partition coefficient (Wildman–Crippen LogP) is 0.378. The van der Waals surface area contributed by atoms with Crippen molar-refractivity contribution in [3.8, 4) is 0 Å². The van der Waals surface area contributed by atoms with Gasteiger partial charge in [-0.05, 0) is 31.3 Å². The highest BCUT2D eigenvalue weighted by atomic mass is 16.4. The normalized spacial score (nSPS) is 29.0. The van der Waals surface area contributed by atoms with Crippen LogP contribution in [0.3, 0.4) is 0 Å². The molecule has 1 rings (SSSR count). The summed E-state index contributed by atoms with van der Waals surface area (Å²) in [4.78, 5) is 12.6. The average molecular weight is 200 g/mol. The second-order valence-corrected chi connectivity index (χ2v) is 4.21. The molecule has 0 radical (unpaired) electrons. The number of carboxylic acid groups (broad SMARTS) is 1. The van der Waals surface area contributed by atoms with E-state index in [1.165, 1.54) is 0 Å². The van der Waals surface area contributed by atoms with E-state index in [-0.39, 0.29) is 6.42 Å². The van der Waals surface area contributed by atoms with Crippen molar-refractivity contribution in [2.75, 3.05) is 26.2 Å². The number of piperidine rings is 1. The van der Waals surface area contributed by atoms with Crippen molar-refractivity contribution in [1.29, 1.82) is 0 Å². The molecule has 4 heteroatoms. The van der Waals surface area contributed by atoms with Crippen LogP contribution < -0.4 is 5.73 Å². The van der Waals surface area contributed by atoms with Crippen molar-refractivity contribution >= 4 is 5.97 Å². The van der Waals surface area contributed by atoms with Crippen molar-refractivity contribution in [1.82, 2.24) is 4.90 Å². The molecule has 0 spiro atoms. The first kappa shape index (κ1) is 11.5. The molecule has 4 nitrogen and oxygen atoms in total. The van der Waals surface area contributed by atoms with Crippen LogP contribution >= 0.6 is 0 Å². The van der Waals surface area contributed by atoms with Crippen LogP contribution in [0.5, 0.6) is 0 Å². The van der Waals surface area contributed by atoms with E-state index in [2.05, 4.69) is 11.8 Å². The maximum Gasteiger partial charge on any atom is 0.304 e. The second kappa shape index (κ2) is 5.32. The predicted molar refractivity (Wildman–Crippen MR) is 55.0 cm³/mol. The highest BCUT2D eigenvalue weighted by Crippen LogP contribution is 2.21. The van der Waals surface area contributed by atoms with Crippen molar-refractivity contribution in [3.05, 3.63) is 0 Å². The summed E-state index contributed by atoms with van der Waals surface area (Å²) in [6.45, 7) is 5.59.